The number of aromatic amines is 3. The van der Waals surface area contributed by atoms with Gasteiger partial charge in [0.25, 0.3) is 0 Å². The lowest BCUT2D eigenvalue weighted by molar-refractivity contribution is -0.142. The molecule has 0 saturated heterocycles. The van der Waals surface area contributed by atoms with E-state index >= 15 is 0 Å². The number of aromatic nitrogens is 3. The van der Waals surface area contributed by atoms with Crippen LogP contribution in [0.1, 0.15) is 48.9 Å². The number of carboxylic acid groups (broad SMARTS) is 2. The first kappa shape index (κ1) is 57.1. The second kappa shape index (κ2) is 26.4. The molecule has 0 saturated carbocycles. The van der Waals surface area contributed by atoms with Gasteiger partial charge in [-0.25, -0.2) is 4.79 Å². The molecule has 21 nitrogen and oxygen atoms in total. The quantitative estimate of drug-likeness (QED) is 0.0352. The summed E-state index contributed by atoms with van der Waals surface area (Å²) in [4.78, 5) is 120. The lowest BCUT2D eigenvalue weighted by Gasteiger charge is -2.29. The van der Waals surface area contributed by atoms with Crippen molar-refractivity contribution in [1.29, 1.82) is 0 Å². The Morgan fingerprint density at radius 1 is 0.513 bits per heavy atom. The number of hydrogen-bond donors (Lipinski definition) is 13. The summed E-state index contributed by atoms with van der Waals surface area (Å²) in [5.41, 5.74) is 10.5. The molecule has 6 amide bonds. The van der Waals surface area contributed by atoms with Crippen LogP contribution in [0, 0.1) is 5.92 Å². The number of H-pyrrole nitrogens is 3. The molecule has 7 aromatic rings. The summed E-state index contributed by atoms with van der Waals surface area (Å²) in [6, 6.07) is 18.1. The number of aliphatic carboxylic acids is 2. The number of carboxylic acids is 2. The van der Waals surface area contributed by atoms with Crippen molar-refractivity contribution in [3.8, 4) is 5.75 Å². The molecule has 0 fully saturated rings. The highest BCUT2D eigenvalue weighted by Crippen LogP contribution is 2.23. The Morgan fingerprint density at radius 2 is 0.897 bits per heavy atom. The highest BCUT2D eigenvalue weighted by Gasteiger charge is 2.36. The van der Waals surface area contributed by atoms with Gasteiger partial charge in [-0.05, 0) is 76.9 Å². The van der Waals surface area contributed by atoms with Crippen LogP contribution in [0.3, 0.4) is 0 Å². The van der Waals surface area contributed by atoms with Crippen LogP contribution >= 0.6 is 11.8 Å². The maximum atomic E-state index is 14.9. The van der Waals surface area contributed by atoms with Gasteiger partial charge >= 0.3 is 11.9 Å². The number of hydrogen-bond acceptors (Lipinski definition) is 11. The zero-order valence-electron chi connectivity index (χ0n) is 43.1. The SMILES string of the molecule is CSCC[C@H](NC(=O)[C@@H](Cc1c[nH]c2ccccc12)NC(=O)[C@@H](Cc1c[nH]c2ccccc12)NC(=O)[C@@H](NC(=O)[C@@H](Cc1c[nH]c2ccccc12)NC(=O)[C@H](Cc1ccc(O)cc1)NC(=O)[C@@H](N)CC(=O)O)C(C)C)C(=O)O. The molecule has 0 aliphatic heterocycles. The van der Waals surface area contributed by atoms with E-state index in [0.717, 1.165) is 32.7 Å². The number of para-hydroxylation sites is 3. The summed E-state index contributed by atoms with van der Waals surface area (Å²) >= 11 is 1.41. The van der Waals surface area contributed by atoms with Gasteiger partial charge in [-0.15, -0.1) is 0 Å². The molecule has 410 valence electrons. The number of nitrogens with two attached hydrogens (primary N) is 1. The van der Waals surface area contributed by atoms with Crippen molar-refractivity contribution in [2.75, 3.05) is 12.0 Å². The fourth-order valence-corrected chi connectivity index (χ4v) is 9.66. The molecule has 78 heavy (non-hydrogen) atoms. The van der Waals surface area contributed by atoms with E-state index in [9.17, 15) is 53.7 Å². The van der Waals surface area contributed by atoms with E-state index in [1.54, 1.807) is 38.5 Å². The maximum Gasteiger partial charge on any atom is 0.326 e. The van der Waals surface area contributed by atoms with Crippen LogP contribution in [0.4, 0.5) is 0 Å². The van der Waals surface area contributed by atoms with Crippen molar-refractivity contribution < 1.29 is 53.7 Å². The number of aromatic hydroxyl groups is 1. The van der Waals surface area contributed by atoms with Crippen LogP contribution in [0.25, 0.3) is 32.7 Å². The van der Waals surface area contributed by atoms with Crippen molar-refractivity contribution in [1.82, 2.24) is 46.9 Å². The minimum absolute atomic E-state index is 0.0577. The van der Waals surface area contributed by atoms with Crippen LogP contribution in [-0.2, 0) is 64.0 Å². The number of amides is 6. The smallest absolute Gasteiger partial charge is 0.326 e. The fraction of sp³-hybridized carbons (Fsp3) is 0.321. The molecule has 14 N–H and O–H groups in total. The molecule has 0 spiro atoms. The summed E-state index contributed by atoms with van der Waals surface area (Å²) < 4.78 is 0. The normalized spacial score (nSPS) is 14.1. The molecule has 0 radical (unpaired) electrons. The molecule has 3 aromatic heterocycles. The zero-order chi connectivity index (χ0) is 56.0. The molecule has 0 aliphatic rings. The number of thioether (sulfide) groups is 1. The predicted octanol–water partition coefficient (Wildman–Crippen LogP) is 3.31. The largest absolute Gasteiger partial charge is 0.508 e. The van der Waals surface area contributed by atoms with Crippen LogP contribution in [0.15, 0.2) is 116 Å². The molecule has 3 heterocycles. The highest BCUT2D eigenvalue weighted by molar-refractivity contribution is 7.98. The molecule has 0 aliphatic carbocycles. The van der Waals surface area contributed by atoms with Crippen LogP contribution in [0.5, 0.6) is 5.75 Å². The van der Waals surface area contributed by atoms with Gasteiger partial charge in [0.05, 0.1) is 12.5 Å². The van der Waals surface area contributed by atoms with E-state index < -0.39 is 102 Å². The highest BCUT2D eigenvalue weighted by atomic mass is 32.2. The molecule has 4 aromatic carbocycles. The van der Waals surface area contributed by atoms with Gasteiger partial charge in [-0.3, -0.25) is 33.6 Å². The Labute approximate surface area is 452 Å². The average Bonchev–Trinajstić information content (AvgIpc) is 4.18. The van der Waals surface area contributed by atoms with E-state index in [2.05, 4.69) is 46.9 Å². The summed E-state index contributed by atoms with van der Waals surface area (Å²) in [6.07, 6.45) is 5.82. The van der Waals surface area contributed by atoms with Gasteiger partial charge in [0, 0.05) is 77.0 Å². The fourth-order valence-electron chi connectivity index (χ4n) is 9.19. The molecule has 0 bridgehead atoms. The van der Waals surface area contributed by atoms with Gasteiger partial charge in [0.2, 0.25) is 35.4 Å². The second-order valence-corrected chi connectivity index (χ2v) is 20.4. The van der Waals surface area contributed by atoms with Crippen LogP contribution < -0.4 is 37.6 Å². The van der Waals surface area contributed by atoms with Crippen LogP contribution in [-0.4, -0.2) is 132 Å². The number of phenolic OH excluding ortho intramolecular Hbond substituents is 1. The first-order valence-corrected chi connectivity index (χ1v) is 26.7. The summed E-state index contributed by atoms with van der Waals surface area (Å²) in [6.45, 7) is 3.35. The van der Waals surface area contributed by atoms with E-state index in [-0.39, 0.29) is 37.9 Å². The van der Waals surface area contributed by atoms with Crippen molar-refractivity contribution >= 4 is 91.9 Å². The number of nitrogens with one attached hydrogen (secondary N) is 9. The molecule has 0 unspecified atom stereocenters. The van der Waals surface area contributed by atoms with Gasteiger partial charge in [-0.1, -0.05) is 80.6 Å². The third-order valence-corrected chi connectivity index (χ3v) is 14.1. The van der Waals surface area contributed by atoms with Crippen molar-refractivity contribution in [3.63, 3.8) is 0 Å². The van der Waals surface area contributed by atoms with Crippen LogP contribution in [0.2, 0.25) is 0 Å². The lowest BCUT2D eigenvalue weighted by atomic mass is 9.98. The minimum Gasteiger partial charge on any atom is -0.508 e. The first-order chi connectivity index (χ1) is 37.4. The summed E-state index contributed by atoms with van der Waals surface area (Å²) in [7, 11) is 0. The molecule has 7 rings (SSSR count). The number of phenols is 1. The standard InChI is InChI=1S/C56H64N10O11S/c1-30(2)49(66-54(74)47(25-34-29-60-42-15-9-6-12-38(34)42)64-51(71)44(22-31-16-18-35(67)19-17-31)62-50(70)39(57)26-48(68)69)55(75)65-46(24-33-28-59-41-14-8-5-11-37(33)41)53(73)63-45(52(72)61-43(56(76)77)20-21-78-3)23-32-27-58-40-13-7-4-10-36(32)40/h4-19,27-30,39,43-47,49,58-60,67H,20-26,57H2,1-3H3,(H,61,72)(H,62,70)(H,63,73)(H,64,71)(H,65,75)(H,66,74)(H,68,69)(H,76,77)/t39-,43-,44-,45+,46+,47+,49-/m0/s1. The number of benzene rings is 4. The Kier molecular flexibility index (Phi) is 19.3. The van der Waals surface area contributed by atoms with Crippen molar-refractivity contribution in [2.24, 2.45) is 11.7 Å². The summed E-state index contributed by atoms with van der Waals surface area (Å²) in [5.74, 6) is -7.81. The third kappa shape index (κ3) is 14.8. The monoisotopic (exact) mass is 1080 g/mol. The second-order valence-electron chi connectivity index (χ2n) is 19.4. The number of rotatable bonds is 27. The number of carbonyl (C=O) groups is 8. The Bertz CT molecular complexity index is 3280. The van der Waals surface area contributed by atoms with E-state index in [4.69, 9.17) is 5.73 Å². The number of carbonyl (C=O) groups excluding carboxylic acids is 6. The number of fused-ring (bicyclic) bond motifs is 3. The van der Waals surface area contributed by atoms with Gasteiger partial charge in [0.15, 0.2) is 0 Å². The maximum absolute atomic E-state index is 14.9. The minimum atomic E-state index is -1.53. The van der Waals surface area contributed by atoms with E-state index in [1.807, 2.05) is 73.0 Å². The molecular formula is C56H64N10O11S. The van der Waals surface area contributed by atoms with Crippen molar-refractivity contribution in [2.45, 2.75) is 94.7 Å². The van der Waals surface area contributed by atoms with Gasteiger partial charge in [-0.2, -0.15) is 11.8 Å². The molecule has 22 heteroatoms. The first-order valence-electron chi connectivity index (χ1n) is 25.3. The molecule has 7 atom stereocenters. The van der Waals surface area contributed by atoms with Gasteiger partial charge < -0.3 is 67.9 Å². The summed E-state index contributed by atoms with van der Waals surface area (Å²) in [5, 5.41) is 48.0. The average molecular weight is 1090 g/mol. The van der Waals surface area contributed by atoms with E-state index in [1.165, 1.54) is 36.0 Å². The topological polar surface area (TPSA) is 343 Å². The predicted molar refractivity (Wildman–Crippen MR) is 295 cm³/mol. The zero-order valence-corrected chi connectivity index (χ0v) is 43.9. The van der Waals surface area contributed by atoms with Crippen molar-refractivity contribution in [3.05, 3.63) is 138 Å². The third-order valence-electron chi connectivity index (χ3n) is 13.4. The Morgan fingerprint density at radius 3 is 1.31 bits per heavy atom. The van der Waals surface area contributed by atoms with Gasteiger partial charge in [0.1, 0.15) is 42.0 Å². The Balaban J connectivity index is 1.19. The Hall–Kier alpha value is -8.63. The molecular weight excluding hydrogens is 1020 g/mol. The lowest BCUT2D eigenvalue weighted by Crippen LogP contribution is -2.61. The van der Waals surface area contributed by atoms with E-state index in [0.29, 0.717) is 28.0 Å².